The van der Waals surface area contributed by atoms with Crippen molar-refractivity contribution in [3.8, 4) is 0 Å². The number of rotatable bonds is 5. The molecule has 2 aromatic carbocycles. The quantitative estimate of drug-likeness (QED) is 0.794. The van der Waals surface area contributed by atoms with Crippen molar-refractivity contribution >= 4 is 6.03 Å². The fourth-order valence-electron chi connectivity index (χ4n) is 2.32. The Morgan fingerprint density at radius 3 is 2.57 bits per heavy atom. The first-order valence-corrected chi connectivity index (χ1v) is 7.47. The summed E-state index contributed by atoms with van der Waals surface area (Å²) >= 11 is 0. The molecule has 0 radical (unpaired) electrons. The van der Waals surface area contributed by atoms with Crippen molar-refractivity contribution < 1.29 is 14.3 Å². The molecule has 5 heteroatoms. The first-order valence-electron chi connectivity index (χ1n) is 7.47. The van der Waals surface area contributed by atoms with Crippen LogP contribution in [0.3, 0.4) is 0 Å². The topological polar surface area (TPSA) is 61.4 Å². The average molecular weight is 316 g/mol. The van der Waals surface area contributed by atoms with Crippen molar-refractivity contribution in [2.75, 3.05) is 6.54 Å². The Hall–Kier alpha value is -2.40. The number of halogens is 1. The van der Waals surface area contributed by atoms with Gasteiger partial charge in [-0.3, -0.25) is 0 Å². The van der Waals surface area contributed by atoms with Crippen LogP contribution in [0.15, 0.2) is 42.5 Å². The van der Waals surface area contributed by atoms with Gasteiger partial charge in [0.05, 0.1) is 6.10 Å². The number of urea groups is 1. The third-order valence-corrected chi connectivity index (χ3v) is 3.68. The van der Waals surface area contributed by atoms with Crippen LogP contribution < -0.4 is 10.6 Å². The van der Waals surface area contributed by atoms with Gasteiger partial charge < -0.3 is 15.7 Å². The van der Waals surface area contributed by atoms with E-state index in [0.29, 0.717) is 12.1 Å². The standard InChI is InChI=1S/C18H21FN2O2/c1-12-5-3-4-6-15(12)17(22)11-21-18(23)20-10-14-7-8-16(19)13(2)9-14/h3-9,17,22H,10-11H2,1-2H3,(H2,20,21,23). The Morgan fingerprint density at radius 2 is 1.87 bits per heavy atom. The number of aliphatic hydroxyl groups excluding tert-OH is 1. The molecule has 3 N–H and O–H groups in total. The molecule has 0 heterocycles. The van der Waals surface area contributed by atoms with Crippen LogP contribution in [0.1, 0.15) is 28.4 Å². The minimum atomic E-state index is -0.755. The molecule has 0 aromatic heterocycles. The normalized spacial score (nSPS) is 11.8. The van der Waals surface area contributed by atoms with Crippen molar-refractivity contribution in [3.63, 3.8) is 0 Å². The van der Waals surface area contributed by atoms with Crippen LogP contribution in [0.4, 0.5) is 9.18 Å². The number of aliphatic hydroxyl groups is 1. The first-order chi connectivity index (χ1) is 11.0. The Labute approximate surface area is 135 Å². The van der Waals surface area contributed by atoms with E-state index in [1.54, 1.807) is 19.1 Å². The lowest BCUT2D eigenvalue weighted by atomic mass is 10.0. The highest BCUT2D eigenvalue weighted by atomic mass is 19.1. The molecule has 0 fully saturated rings. The minimum Gasteiger partial charge on any atom is -0.387 e. The van der Waals surface area contributed by atoms with E-state index in [0.717, 1.165) is 16.7 Å². The van der Waals surface area contributed by atoms with E-state index in [4.69, 9.17) is 0 Å². The van der Waals surface area contributed by atoms with Crippen molar-refractivity contribution in [3.05, 3.63) is 70.5 Å². The van der Waals surface area contributed by atoms with Crippen molar-refractivity contribution in [1.29, 1.82) is 0 Å². The lowest BCUT2D eigenvalue weighted by Crippen LogP contribution is -2.37. The zero-order valence-corrected chi connectivity index (χ0v) is 13.3. The van der Waals surface area contributed by atoms with Crippen molar-refractivity contribution in [2.45, 2.75) is 26.5 Å². The lowest BCUT2D eigenvalue weighted by Gasteiger charge is -2.15. The fourth-order valence-corrected chi connectivity index (χ4v) is 2.32. The summed E-state index contributed by atoms with van der Waals surface area (Å²) in [7, 11) is 0. The molecule has 122 valence electrons. The van der Waals surface area contributed by atoms with Gasteiger partial charge in [0.1, 0.15) is 5.82 Å². The van der Waals surface area contributed by atoms with Gasteiger partial charge in [-0.2, -0.15) is 0 Å². The van der Waals surface area contributed by atoms with Crippen LogP contribution in [0.5, 0.6) is 0 Å². The largest absolute Gasteiger partial charge is 0.387 e. The lowest BCUT2D eigenvalue weighted by molar-refractivity contribution is 0.172. The first kappa shape index (κ1) is 17.0. The smallest absolute Gasteiger partial charge is 0.315 e. The highest BCUT2D eigenvalue weighted by Crippen LogP contribution is 2.16. The van der Waals surface area contributed by atoms with Crippen molar-refractivity contribution in [1.82, 2.24) is 10.6 Å². The predicted molar refractivity (Wildman–Crippen MR) is 87.5 cm³/mol. The van der Waals surface area contributed by atoms with Crippen LogP contribution in [-0.4, -0.2) is 17.7 Å². The number of hydrogen-bond donors (Lipinski definition) is 3. The molecule has 0 bridgehead atoms. The summed E-state index contributed by atoms with van der Waals surface area (Å²) in [4.78, 5) is 11.8. The van der Waals surface area contributed by atoms with Crippen LogP contribution in [0, 0.1) is 19.7 Å². The van der Waals surface area contributed by atoms with Gasteiger partial charge in [-0.25, -0.2) is 9.18 Å². The Kier molecular flexibility index (Phi) is 5.71. The van der Waals surface area contributed by atoms with E-state index in [1.807, 2.05) is 31.2 Å². The van der Waals surface area contributed by atoms with Crippen molar-refractivity contribution in [2.24, 2.45) is 0 Å². The summed E-state index contributed by atoms with van der Waals surface area (Å²) in [5.41, 5.74) is 3.13. The van der Waals surface area contributed by atoms with Gasteiger partial charge >= 0.3 is 6.03 Å². The average Bonchev–Trinajstić information content (AvgIpc) is 2.54. The second-order valence-electron chi connectivity index (χ2n) is 5.52. The van der Waals surface area contributed by atoms with E-state index >= 15 is 0 Å². The Bertz CT molecular complexity index is 688. The Balaban J connectivity index is 1.81. The van der Waals surface area contributed by atoms with Gasteiger partial charge in [0.15, 0.2) is 0 Å². The summed E-state index contributed by atoms with van der Waals surface area (Å²) in [6.07, 6.45) is -0.755. The molecule has 0 spiro atoms. The number of nitrogens with one attached hydrogen (secondary N) is 2. The van der Waals surface area contributed by atoms with E-state index in [9.17, 15) is 14.3 Å². The third kappa shape index (κ3) is 4.79. The molecular weight excluding hydrogens is 295 g/mol. The zero-order valence-electron chi connectivity index (χ0n) is 13.3. The number of carbonyl (C=O) groups excluding carboxylic acids is 1. The molecule has 0 aliphatic carbocycles. The summed E-state index contributed by atoms with van der Waals surface area (Å²) < 4.78 is 13.2. The van der Waals surface area contributed by atoms with Gasteiger partial charge in [0.25, 0.3) is 0 Å². The second-order valence-corrected chi connectivity index (χ2v) is 5.52. The molecule has 0 aliphatic rings. The molecular formula is C18H21FN2O2. The highest BCUT2D eigenvalue weighted by Gasteiger charge is 2.11. The summed E-state index contributed by atoms with van der Waals surface area (Å²) in [5.74, 6) is -0.264. The fraction of sp³-hybridized carbons (Fsp3) is 0.278. The minimum absolute atomic E-state index is 0.124. The van der Waals surface area contributed by atoms with Gasteiger partial charge in [-0.15, -0.1) is 0 Å². The van der Waals surface area contributed by atoms with Gasteiger partial charge in [-0.1, -0.05) is 36.4 Å². The van der Waals surface area contributed by atoms with Gasteiger partial charge in [-0.05, 0) is 42.2 Å². The number of amides is 2. The monoisotopic (exact) mass is 316 g/mol. The summed E-state index contributed by atoms with van der Waals surface area (Å²) in [5, 5.41) is 15.4. The SMILES string of the molecule is Cc1cc(CNC(=O)NCC(O)c2ccccc2C)ccc1F. The molecule has 1 atom stereocenters. The third-order valence-electron chi connectivity index (χ3n) is 3.68. The van der Waals surface area contributed by atoms with Crippen LogP contribution in [0.2, 0.25) is 0 Å². The molecule has 2 amide bonds. The molecule has 4 nitrogen and oxygen atoms in total. The van der Waals surface area contributed by atoms with Crippen LogP contribution in [-0.2, 0) is 6.54 Å². The summed E-state index contributed by atoms with van der Waals surface area (Å²) in [6, 6.07) is 11.8. The van der Waals surface area contributed by atoms with Crippen LogP contribution in [0.25, 0.3) is 0 Å². The van der Waals surface area contributed by atoms with Crippen LogP contribution >= 0.6 is 0 Å². The predicted octanol–water partition coefficient (Wildman–Crippen LogP) is 2.98. The molecule has 2 rings (SSSR count). The maximum absolute atomic E-state index is 13.2. The molecule has 0 saturated heterocycles. The molecule has 0 aliphatic heterocycles. The maximum Gasteiger partial charge on any atom is 0.315 e. The number of benzene rings is 2. The number of aryl methyl sites for hydroxylation is 2. The Morgan fingerprint density at radius 1 is 1.13 bits per heavy atom. The van der Waals surface area contributed by atoms with E-state index in [-0.39, 0.29) is 18.4 Å². The maximum atomic E-state index is 13.2. The second kappa shape index (κ2) is 7.74. The molecule has 23 heavy (non-hydrogen) atoms. The van der Waals surface area contributed by atoms with E-state index in [2.05, 4.69) is 10.6 Å². The summed E-state index contributed by atoms with van der Waals surface area (Å²) in [6.45, 7) is 4.01. The number of hydrogen-bond acceptors (Lipinski definition) is 2. The molecule has 1 unspecified atom stereocenters. The van der Waals surface area contributed by atoms with E-state index < -0.39 is 6.10 Å². The number of carbonyl (C=O) groups is 1. The van der Waals surface area contributed by atoms with E-state index in [1.165, 1.54) is 6.07 Å². The zero-order chi connectivity index (χ0) is 16.8. The molecule has 0 saturated carbocycles. The van der Waals surface area contributed by atoms with Gasteiger partial charge in [0.2, 0.25) is 0 Å². The molecule has 2 aromatic rings. The van der Waals surface area contributed by atoms with Gasteiger partial charge in [0, 0.05) is 13.1 Å². The highest BCUT2D eigenvalue weighted by molar-refractivity contribution is 5.73.